The summed E-state index contributed by atoms with van der Waals surface area (Å²) in [6, 6.07) is 4.31. The Morgan fingerprint density at radius 3 is 2.72 bits per heavy atom. The zero-order valence-electron chi connectivity index (χ0n) is 15.5. The van der Waals surface area contributed by atoms with Crippen LogP contribution in [0.25, 0.3) is 6.08 Å². The molecular weight excluding hydrogens is 316 g/mol. The third-order valence-corrected chi connectivity index (χ3v) is 5.29. The lowest BCUT2D eigenvalue weighted by atomic mass is 10.0. The maximum atomic E-state index is 12.1. The van der Waals surface area contributed by atoms with Gasteiger partial charge in [0.25, 0.3) is 0 Å². The molecule has 0 radical (unpaired) electrons. The number of ether oxygens (including phenoxy) is 1. The lowest BCUT2D eigenvalue weighted by molar-refractivity contribution is -0.116. The van der Waals surface area contributed by atoms with Gasteiger partial charge < -0.3 is 14.5 Å². The van der Waals surface area contributed by atoms with E-state index in [-0.39, 0.29) is 5.91 Å². The maximum absolute atomic E-state index is 12.1. The highest BCUT2D eigenvalue weighted by molar-refractivity contribution is 5.91. The first kappa shape index (κ1) is 18.2. The second kappa shape index (κ2) is 8.19. The molecule has 1 saturated carbocycles. The molecule has 2 heterocycles. The van der Waals surface area contributed by atoms with E-state index in [2.05, 4.69) is 31.0 Å². The highest BCUT2D eigenvalue weighted by Gasteiger charge is 2.36. The van der Waals surface area contributed by atoms with Crippen molar-refractivity contribution in [3.63, 3.8) is 0 Å². The van der Waals surface area contributed by atoms with Gasteiger partial charge in [-0.15, -0.1) is 0 Å². The fourth-order valence-corrected chi connectivity index (χ4v) is 3.49. The van der Waals surface area contributed by atoms with E-state index in [0.29, 0.717) is 24.4 Å². The SMILES string of the molecule is CC(C)C(CNC(=O)/C=C/c1ccc(C2CC2C)o1)N1CCOCC1. The Balaban J connectivity index is 1.48. The van der Waals surface area contributed by atoms with Gasteiger partial charge in [-0.25, -0.2) is 0 Å². The summed E-state index contributed by atoms with van der Waals surface area (Å²) in [5.74, 6) is 3.49. The number of morpholine rings is 1. The molecule has 0 spiro atoms. The molecule has 1 saturated heterocycles. The van der Waals surface area contributed by atoms with E-state index >= 15 is 0 Å². The summed E-state index contributed by atoms with van der Waals surface area (Å²) >= 11 is 0. The van der Waals surface area contributed by atoms with Crippen molar-refractivity contribution < 1.29 is 13.9 Å². The molecular formula is C20H30N2O3. The minimum Gasteiger partial charge on any atom is -0.461 e. The molecule has 138 valence electrons. The number of amides is 1. The average Bonchev–Trinajstić information content (AvgIpc) is 3.15. The predicted molar refractivity (Wildman–Crippen MR) is 98.3 cm³/mol. The van der Waals surface area contributed by atoms with Gasteiger partial charge in [0.1, 0.15) is 11.5 Å². The Morgan fingerprint density at radius 2 is 2.08 bits per heavy atom. The predicted octanol–water partition coefficient (Wildman–Crippen LogP) is 2.89. The van der Waals surface area contributed by atoms with Crippen molar-refractivity contribution in [1.29, 1.82) is 0 Å². The van der Waals surface area contributed by atoms with Crippen LogP contribution in [0.1, 0.15) is 44.6 Å². The van der Waals surface area contributed by atoms with Crippen LogP contribution in [0.5, 0.6) is 0 Å². The zero-order valence-corrected chi connectivity index (χ0v) is 15.5. The van der Waals surface area contributed by atoms with Crippen molar-refractivity contribution >= 4 is 12.0 Å². The largest absolute Gasteiger partial charge is 0.461 e. The fraction of sp³-hybridized carbons (Fsp3) is 0.650. The summed E-state index contributed by atoms with van der Waals surface area (Å²) in [5.41, 5.74) is 0. The molecule has 1 N–H and O–H groups in total. The molecule has 2 fully saturated rings. The first-order chi connectivity index (χ1) is 12.0. The van der Waals surface area contributed by atoms with Gasteiger partial charge in [-0.05, 0) is 36.5 Å². The first-order valence-corrected chi connectivity index (χ1v) is 9.42. The number of carbonyl (C=O) groups is 1. The molecule has 25 heavy (non-hydrogen) atoms. The molecule has 1 aliphatic heterocycles. The van der Waals surface area contributed by atoms with Crippen molar-refractivity contribution in [3.05, 3.63) is 29.7 Å². The maximum Gasteiger partial charge on any atom is 0.244 e. The van der Waals surface area contributed by atoms with Crippen LogP contribution in [0, 0.1) is 11.8 Å². The Bertz CT molecular complexity index is 602. The van der Waals surface area contributed by atoms with Gasteiger partial charge in [-0.3, -0.25) is 9.69 Å². The molecule has 1 amide bonds. The highest BCUT2D eigenvalue weighted by Crippen LogP contribution is 2.47. The minimum atomic E-state index is -0.0725. The van der Waals surface area contributed by atoms with E-state index < -0.39 is 0 Å². The quantitative estimate of drug-likeness (QED) is 0.772. The van der Waals surface area contributed by atoms with Crippen LogP contribution in [0.2, 0.25) is 0 Å². The fourth-order valence-electron chi connectivity index (χ4n) is 3.49. The molecule has 2 aliphatic rings. The third kappa shape index (κ3) is 4.95. The molecule has 0 bridgehead atoms. The van der Waals surface area contributed by atoms with Crippen molar-refractivity contribution in [2.75, 3.05) is 32.8 Å². The second-order valence-corrected chi connectivity index (χ2v) is 7.60. The summed E-state index contributed by atoms with van der Waals surface area (Å²) in [7, 11) is 0. The van der Waals surface area contributed by atoms with Gasteiger partial charge in [-0.2, -0.15) is 0 Å². The molecule has 5 heteroatoms. The number of hydrogen-bond acceptors (Lipinski definition) is 4. The molecule has 3 atom stereocenters. The van der Waals surface area contributed by atoms with E-state index in [4.69, 9.17) is 9.15 Å². The summed E-state index contributed by atoms with van der Waals surface area (Å²) in [5, 5.41) is 3.03. The standard InChI is InChI=1S/C20H30N2O3/c1-14(2)18(22-8-10-24-11-9-22)13-21-20(23)7-5-16-4-6-19(25-16)17-12-15(17)3/h4-7,14-15,17-18H,8-13H2,1-3H3,(H,21,23)/b7-5+. The Kier molecular flexibility index (Phi) is 5.97. The van der Waals surface area contributed by atoms with Crippen LogP contribution in [-0.4, -0.2) is 49.7 Å². The second-order valence-electron chi connectivity index (χ2n) is 7.60. The summed E-state index contributed by atoms with van der Waals surface area (Å²) in [6.45, 7) is 10.7. The van der Waals surface area contributed by atoms with Gasteiger partial charge >= 0.3 is 0 Å². The van der Waals surface area contributed by atoms with Crippen LogP contribution < -0.4 is 5.32 Å². The van der Waals surface area contributed by atoms with Crippen LogP contribution in [0.15, 0.2) is 22.6 Å². The molecule has 1 aromatic rings. The van der Waals surface area contributed by atoms with E-state index in [1.807, 2.05) is 12.1 Å². The molecule has 1 aromatic heterocycles. The summed E-state index contributed by atoms with van der Waals surface area (Å²) < 4.78 is 11.2. The zero-order chi connectivity index (χ0) is 17.8. The van der Waals surface area contributed by atoms with E-state index in [1.54, 1.807) is 12.2 Å². The Morgan fingerprint density at radius 1 is 1.36 bits per heavy atom. The molecule has 3 unspecified atom stereocenters. The molecule has 3 rings (SSSR count). The van der Waals surface area contributed by atoms with Gasteiger partial charge in [0, 0.05) is 37.7 Å². The number of nitrogens with zero attached hydrogens (tertiary/aromatic N) is 1. The summed E-state index contributed by atoms with van der Waals surface area (Å²) in [6.07, 6.45) is 4.52. The van der Waals surface area contributed by atoms with Crippen LogP contribution >= 0.6 is 0 Å². The van der Waals surface area contributed by atoms with Crippen LogP contribution in [0.3, 0.4) is 0 Å². The Hall–Kier alpha value is -1.59. The Labute approximate surface area is 150 Å². The van der Waals surface area contributed by atoms with Crippen LogP contribution in [-0.2, 0) is 9.53 Å². The van der Waals surface area contributed by atoms with Gasteiger partial charge in [0.2, 0.25) is 5.91 Å². The van der Waals surface area contributed by atoms with Gasteiger partial charge in [0.05, 0.1) is 13.2 Å². The highest BCUT2D eigenvalue weighted by atomic mass is 16.5. The van der Waals surface area contributed by atoms with Crippen molar-refractivity contribution in [2.24, 2.45) is 11.8 Å². The molecule has 0 aromatic carbocycles. The number of carbonyl (C=O) groups excluding carboxylic acids is 1. The van der Waals surface area contributed by atoms with Crippen molar-refractivity contribution in [1.82, 2.24) is 10.2 Å². The molecule has 5 nitrogen and oxygen atoms in total. The lowest BCUT2D eigenvalue weighted by Gasteiger charge is -2.36. The minimum absolute atomic E-state index is 0.0725. The van der Waals surface area contributed by atoms with Gasteiger partial charge in [-0.1, -0.05) is 20.8 Å². The lowest BCUT2D eigenvalue weighted by Crippen LogP contribution is -2.51. The van der Waals surface area contributed by atoms with E-state index in [1.165, 1.54) is 6.42 Å². The van der Waals surface area contributed by atoms with Crippen molar-refractivity contribution in [2.45, 2.75) is 39.2 Å². The van der Waals surface area contributed by atoms with E-state index in [0.717, 1.165) is 43.7 Å². The monoisotopic (exact) mass is 346 g/mol. The number of rotatable bonds is 7. The van der Waals surface area contributed by atoms with E-state index in [9.17, 15) is 4.79 Å². The number of nitrogens with one attached hydrogen (secondary N) is 1. The average molecular weight is 346 g/mol. The molecule has 1 aliphatic carbocycles. The van der Waals surface area contributed by atoms with Crippen molar-refractivity contribution in [3.8, 4) is 0 Å². The normalized spacial score (nSPS) is 25.4. The summed E-state index contributed by atoms with van der Waals surface area (Å²) in [4.78, 5) is 14.6. The smallest absolute Gasteiger partial charge is 0.244 e. The first-order valence-electron chi connectivity index (χ1n) is 9.42. The topological polar surface area (TPSA) is 54.7 Å². The number of furan rings is 1. The van der Waals surface area contributed by atoms with Crippen LogP contribution in [0.4, 0.5) is 0 Å². The third-order valence-electron chi connectivity index (χ3n) is 5.29. The number of hydrogen-bond donors (Lipinski definition) is 1. The van der Waals surface area contributed by atoms with Gasteiger partial charge in [0.15, 0.2) is 0 Å².